The molecular formula is C14H20N2O4. The van der Waals surface area contributed by atoms with Crippen molar-refractivity contribution >= 4 is 11.9 Å². The Labute approximate surface area is 118 Å². The smallest absolute Gasteiger partial charge is 0.328 e. The fourth-order valence-corrected chi connectivity index (χ4v) is 1.59. The van der Waals surface area contributed by atoms with Crippen molar-refractivity contribution in [2.75, 3.05) is 27.2 Å². The number of furan rings is 1. The first-order valence-corrected chi connectivity index (χ1v) is 6.28. The lowest BCUT2D eigenvalue weighted by atomic mass is 10.3. The molecule has 0 aliphatic heterocycles. The zero-order chi connectivity index (χ0) is 15.1. The van der Waals surface area contributed by atoms with Crippen molar-refractivity contribution in [2.45, 2.75) is 13.5 Å². The van der Waals surface area contributed by atoms with Gasteiger partial charge >= 0.3 is 5.97 Å². The van der Waals surface area contributed by atoms with E-state index in [-0.39, 0.29) is 5.91 Å². The third kappa shape index (κ3) is 5.71. The second kappa shape index (κ2) is 7.49. The van der Waals surface area contributed by atoms with Gasteiger partial charge in [-0.25, -0.2) is 4.79 Å². The van der Waals surface area contributed by atoms with Crippen LogP contribution in [0.1, 0.15) is 11.5 Å². The summed E-state index contributed by atoms with van der Waals surface area (Å²) in [5, 5.41) is 8.57. The predicted octanol–water partition coefficient (Wildman–Crippen LogP) is 1.12. The van der Waals surface area contributed by atoms with E-state index >= 15 is 0 Å². The summed E-state index contributed by atoms with van der Waals surface area (Å²) < 4.78 is 5.45. The molecule has 1 amide bonds. The minimum Gasteiger partial charge on any atom is -0.478 e. The number of carboxylic acids is 1. The fourth-order valence-electron chi connectivity index (χ4n) is 1.59. The average Bonchev–Trinajstić information content (AvgIpc) is 2.76. The maximum Gasteiger partial charge on any atom is 0.328 e. The maximum absolute atomic E-state index is 12.0. The molecule has 0 atom stereocenters. The number of hydrogen-bond acceptors (Lipinski definition) is 4. The Morgan fingerprint density at radius 1 is 1.25 bits per heavy atom. The Morgan fingerprint density at radius 2 is 1.95 bits per heavy atom. The molecule has 1 aromatic heterocycles. The Balaban J connectivity index is 2.73. The normalized spacial score (nSPS) is 11.2. The number of aryl methyl sites for hydroxylation is 1. The van der Waals surface area contributed by atoms with Gasteiger partial charge in [0.2, 0.25) is 5.91 Å². The molecule has 1 N–H and O–H groups in total. The first-order chi connectivity index (χ1) is 9.38. The van der Waals surface area contributed by atoms with Gasteiger partial charge < -0.3 is 19.3 Å². The van der Waals surface area contributed by atoms with Gasteiger partial charge in [-0.1, -0.05) is 0 Å². The number of carbonyl (C=O) groups is 2. The van der Waals surface area contributed by atoms with Crippen LogP contribution in [0.5, 0.6) is 0 Å². The lowest BCUT2D eigenvalue weighted by molar-refractivity contribution is -0.132. The third-order valence-electron chi connectivity index (χ3n) is 2.64. The standard InChI is InChI=1S/C14H20N2O4/c1-11-4-5-12(20-11)10-16(9-8-15(2)3)13(17)6-7-14(18)19/h4-7H,8-10H2,1-3H3,(H,18,19)/b7-6+. The summed E-state index contributed by atoms with van der Waals surface area (Å²) in [6.45, 7) is 3.34. The van der Waals surface area contributed by atoms with Gasteiger partial charge in [-0.2, -0.15) is 0 Å². The molecule has 0 saturated heterocycles. The van der Waals surface area contributed by atoms with Crippen LogP contribution in [0.4, 0.5) is 0 Å². The number of rotatable bonds is 7. The number of amides is 1. The lowest BCUT2D eigenvalue weighted by Crippen LogP contribution is -2.35. The van der Waals surface area contributed by atoms with Crippen molar-refractivity contribution < 1.29 is 19.1 Å². The highest BCUT2D eigenvalue weighted by atomic mass is 16.4. The average molecular weight is 280 g/mol. The quantitative estimate of drug-likeness (QED) is 0.758. The largest absolute Gasteiger partial charge is 0.478 e. The first kappa shape index (κ1) is 16.0. The molecule has 1 rings (SSSR count). The first-order valence-electron chi connectivity index (χ1n) is 6.28. The Bertz CT molecular complexity index is 491. The number of carboxylic acid groups (broad SMARTS) is 1. The van der Waals surface area contributed by atoms with E-state index in [1.807, 2.05) is 38.1 Å². The predicted molar refractivity (Wildman–Crippen MR) is 74.2 cm³/mol. The van der Waals surface area contributed by atoms with Gasteiger partial charge in [-0.15, -0.1) is 0 Å². The monoisotopic (exact) mass is 280 g/mol. The molecule has 0 fully saturated rings. The number of aliphatic carboxylic acids is 1. The number of hydrogen-bond donors (Lipinski definition) is 1. The molecule has 20 heavy (non-hydrogen) atoms. The fraction of sp³-hybridized carbons (Fsp3) is 0.429. The van der Waals surface area contributed by atoms with Crippen molar-refractivity contribution in [3.8, 4) is 0 Å². The van der Waals surface area contributed by atoms with Gasteiger partial charge in [0.25, 0.3) is 0 Å². The van der Waals surface area contributed by atoms with Crippen LogP contribution in [0.3, 0.4) is 0 Å². The molecule has 110 valence electrons. The minimum atomic E-state index is -1.14. The molecule has 0 aromatic carbocycles. The molecule has 0 unspecified atom stereocenters. The molecule has 1 aromatic rings. The molecule has 0 bridgehead atoms. The summed E-state index contributed by atoms with van der Waals surface area (Å²) in [6, 6.07) is 3.64. The van der Waals surface area contributed by atoms with E-state index in [0.717, 1.165) is 17.9 Å². The molecule has 0 spiro atoms. The molecular weight excluding hydrogens is 260 g/mol. The van der Waals surface area contributed by atoms with Crippen molar-refractivity contribution in [3.63, 3.8) is 0 Å². The van der Waals surface area contributed by atoms with Crippen LogP contribution in [0.2, 0.25) is 0 Å². The summed E-state index contributed by atoms with van der Waals surface area (Å²) in [5.41, 5.74) is 0. The van der Waals surface area contributed by atoms with Crippen LogP contribution in [0.15, 0.2) is 28.7 Å². The summed E-state index contributed by atoms with van der Waals surface area (Å²) >= 11 is 0. The van der Waals surface area contributed by atoms with E-state index in [9.17, 15) is 9.59 Å². The number of likely N-dealkylation sites (N-methyl/N-ethyl adjacent to an activating group) is 1. The van der Waals surface area contributed by atoms with E-state index in [4.69, 9.17) is 9.52 Å². The summed E-state index contributed by atoms with van der Waals surface area (Å²) in [4.78, 5) is 26.0. The molecule has 0 aliphatic rings. The molecule has 0 aliphatic carbocycles. The lowest BCUT2D eigenvalue weighted by Gasteiger charge is -2.22. The van der Waals surface area contributed by atoms with Crippen LogP contribution in [-0.4, -0.2) is 54.0 Å². The zero-order valence-electron chi connectivity index (χ0n) is 12.0. The van der Waals surface area contributed by atoms with Crippen LogP contribution < -0.4 is 0 Å². The van der Waals surface area contributed by atoms with Gasteiger partial charge in [0.1, 0.15) is 11.5 Å². The Morgan fingerprint density at radius 3 is 2.45 bits per heavy atom. The van der Waals surface area contributed by atoms with Crippen LogP contribution in [0, 0.1) is 6.92 Å². The van der Waals surface area contributed by atoms with Crippen molar-refractivity contribution in [3.05, 3.63) is 35.8 Å². The van der Waals surface area contributed by atoms with Crippen LogP contribution >= 0.6 is 0 Å². The number of nitrogens with zero attached hydrogens (tertiary/aromatic N) is 2. The molecule has 0 saturated carbocycles. The molecule has 1 heterocycles. The minimum absolute atomic E-state index is 0.324. The SMILES string of the molecule is Cc1ccc(CN(CCN(C)C)C(=O)/C=C/C(=O)O)o1. The summed E-state index contributed by atoms with van der Waals surface area (Å²) in [7, 11) is 3.82. The third-order valence-corrected chi connectivity index (χ3v) is 2.64. The highest BCUT2D eigenvalue weighted by Gasteiger charge is 2.14. The van der Waals surface area contributed by atoms with Gasteiger partial charge in [0.05, 0.1) is 6.54 Å². The van der Waals surface area contributed by atoms with Gasteiger partial charge in [-0.3, -0.25) is 4.79 Å². The van der Waals surface area contributed by atoms with Crippen LogP contribution in [0.25, 0.3) is 0 Å². The zero-order valence-corrected chi connectivity index (χ0v) is 12.0. The highest BCUT2D eigenvalue weighted by molar-refractivity contribution is 5.93. The van der Waals surface area contributed by atoms with E-state index in [0.29, 0.717) is 25.4 Å². The van der Waals surface area contributed by atoms with Crippen molar-refractivity contribution in [2.24, 2.45) is 0 Å². The molecule has 6 nitrogen and oxygen atoms in total. The Hall–Kier alpha value is -2.08. The van der Waals surface area contributed by atoms with Crippen molar-refractivity contribution in [1.29, 1.82) is 0 Å². The van der Waals surface area contributed by atoms with E-state index < -0.39 is 5.97 Å². The Kier molecular flexibility index (Phi) is 5.99. The molecule has 6 heteroatoms. The van der Waals surface area contributed by atoms with Gasteiger partial charge in [-0.05, 0) is 33.2 Å². The van der Waals surface area contributed by atoms with Gasteiger partial charge in [0, 0.05) is 25.2 Å². The topological polar surface area (TPSA) is 74.0 Å². The number of carbonyl (C=O) groups excluding carboxylic acids is 1. The highest BCUT2D eigenvalue weighted by Crippen LogP contribution is 2.10. The van der Waals surface area contributed by atoms with Crippen molar-refractivity contribution in [1.82, 2.24) is 9.80 Å². The van der Waals surface area contributed by atoms with E-state index in [1.165, 1.54) is 0 Å². The van der Waals surface area contributed by atoms with E-state index in [2.05, 4.69) is 0 Å². The summed E-state index contributed by atoms with van der Waals surface area (Å²) in [5.74, 6) is -0.0255. The molecule has 0 radical (unpaired) electrons. The van der Waals surface area contributed by atoms with Crippen LogP contribution in [-0.2, 0) is 16.1 Å². The summed E-state index contributed by atoms with van der Waals surface area (Å²) in [6.07, 6.45) is 1.91. The second-order valence-corrected chi connectivity index (χ2v) is 4.75. The maximum atomic E-state index is 12.0. The van der Waals surface area contributed by atoms with E-state index in [1.54, 1.807) is 4.90 Å². The second-order valence-electron chi connectivity index (χ2n) is 4.75. The van der Waals surface area contributed by atoms with Gasteiger partial charge in [0.15, 0.2) is 0 Å².